The highest BCUT2D eigenvalue weighted by Crippen LogP contribution is 2.13. The average Bonchev–Trinajstić information content (AvgIpc) is 2.80. The van der Waals surface area contributed by atoms with Gasteiger partial charge in [0.2, 0.25) is 5.89 Å². The molecule has 0 bridgehead atoms. The van der Waals surface area contributed by atoms with Crippen LogP contribution in [0.15, 0.2) is 22.7 Å². The summed E-state index contributed by atoms with van der Waals surface area (Å²) in [5, 5.41) is 7.04. The number of aromatic nitrogens is 2. The SMILES string of the molecule is CC(C)NCCc1nc(Cc2ccc(F)cc2F)no1. The third-order valence-corrected chi connectivity index (χ3v) is 2.77. The fourth-order valence-electron chi connectivity index (χ4n) is 1.77. The fraction of sp³-hybridized carbons (Fsp3) is 0.429. The third-order valence-electron chi connectivity index (χ3n) is 2.77. The van der Waals surface area contributed by atoms with Crippen LogP contribution >= 0.6 is 0 Å². The Balaban J connectivity index is 1.95. The Morgan fingerprint density at radius 3 is 2.80 bits per heavy atom. The zero-order valence-corrected chi connectivity index (χ0v) is 11.5. The normalized spacial score (nSPS) is 11.2. The zero-order valence-electron chi connectivity index (χ0n) is 11.5. The number of halogens is 2. The van der Waals surface area contributed by atoms with Crippen LogP contribution in [0.5, 0.6) is 0 Å². The van der Waals surface area contributed by atoms with Crippen molar-refractivity contribution in [1.82, 2.24) is 15.5 Å². The van der Waals surface area contributed by atoms with E-state index in [4.69, 9.17) is 4.52 Å². The number of hydrogen-bond donors (Lipinski definition) is 1. The molecule has 0 aliphatic carbocycles. The minimum Gasteiger partial charge on any atom is -0.339 e. The van der Waals surface area contributed by atoms with Gasteiger partial charge in [-0.2, -0.15) is 4.98 Å². The van der Waals surface area contributed by atoms with Crippen molar-refractivity contribution in [3.63, 3.8) is 0 Å². The monoisotopic (exact) mass is 281 g/mol. The van der Waals surface area contributed by atoms with E-state index in [1.165, 1.54) is 12.1 Å². The van der Waals surface area contributed by atoms with Crippen molar-refractivity contribution in [3.8, 4) is 0 Å². The van der Waals surface area contributed by atoms with E-state index in [1.54, 1.807) is 0 Å². The molecule has 0 aliphatic heterocycles. The molecule has 0 fully saturated rings. The zero-order chi connectivity index (χ0) is 14.5. The molecular weight excluding hydrogens is 264 g/mol. The molecule has 1 aromatic heterocycles. The van der Waals surface area contributed by atoms with Crippen LogP contribution < -0.4 is 5.32 Å². The molecule has 0 radical (unpaired) electrons. The van der Waals surface area contributed by atoms with Gasteiger partial charge in [0.15, 0.2) is 5.82 Å². The van der Waals surface area contributed by atoms with Crippen LogP contribution in [-0.2, 0) is 12.8 Å². The Morgan fingerprint density at radius 2 is 2.10 bits per heavy atom. The summed E-state index contributed by atoms with van der Waals surface area (Å²) in [6.07, 6.45) is 0.810. The van der Waals surface area contributed by atoms with Crippen LogP contribution in [0, 0.1) is 11.6 Å². The molecule has 0 saturated carbocycles. The molecule has 1 N–H and O–H groups in total. The van der Waals surface area contributed by atoms with Gasteiger partial charge in [-0.05, 0) is 11.6 Å². The van der Waals surface area contributed by atoms with E-state index in [0.29, 0.717) is 29.7 Å². The summed E-state index contributed by atoms with van der Waals surface area (Å²) in [6.45, 7) is 4.84. The van der Waals surface area contributed by atoms with Crippen LogP contribution in [0.2, 0.25) is 0 Å². The second kappa shape index (κ2) is 6.56. The van der Waals surface area contributed by atoms with Crippen molar-refractivity contribution < 1.29 is 13.3 Å². The van der Waals surface area contributed by atoms with Crippen molar-refractivity contribution >= 4 is 0 Å². The highest BCUT2D eigenvalue weighted by molar-refractivity contribution is 5.21. The van der Waals surface area contributed by atoms with Gasteiger partial charge in [0.1, 0.15) is 11.6 Å². The fourth-order valence-corrected chi connectivity index (χ4v) is 1.77. The Labute approximate surface area is 116 Å². The Bertz CT molecular complexity index is 569. The lowest BCUT2D eigenvalue weighted by Gasteiger charge is -2.04. The molecule has 2 aromatic rings. The first-order valence-electron chi connectivity index (χ1n) is 6.53. The molecule has 0 spiro atoms. The van der Waals surface area contributed by atoms with Gasteiger partial charge in [-0.1, -0.05) is 25.1 Å². The van der Waals surface area contributed by atoms with Crippen LogP contribution in [0.1, 0.15) is 31.1 Å². The maximum Gasteiger partial charge on any atom is 0.227 e. The summed E-state index contributed by atoms with van der Waals surface area (Å²) < 4.78 is 31.4. The quantitative estimate of drug-likeness (QED) is 0.883. The van der Waals surface area contributed by atoms with Gasteiger partial charge >= 0.3 is 0 Å². The van der Waals surface area contributed by atoms with Crippen molar-refractivity contribution in [1.29, 1.82) is 0 Å². The van der Waals surface area contributed by atoms with Crippen LogP contribution in [0.4, 0.5) is 8.78 Å². The minimum atomic E-state index is -0.599. The molecule has 6 heteroatoms. The molecule has 0 aliphatic rings. The van der Waals surface area contributed by atoms with Crippen LogP contribution in [0.25, 0.3) is 0 Å². The lowest BCUT2D eigenvalue weighted by molar-refractivity contribution is 0.369. The van der Waals surface area contributed by atoms with E-state index in [0.717, 1.165) is 12.6 Å². The molecule has 0 amide bonds. The lowest BCUT2D eigenvalue weighted by Crippen LogP contribution is -2.25. The molecule has 108 valence electrons. The van der Waals surface area contributed by atoms with Crippen LogP contribution in [0.3, 0.4) is 0 Å². The molecule has 4 nitrogen and oxygen atoms in total. The molecule has 0 saturated heterocycles. The maximum absolute atomic E-state index is 13.5. The van der Waals surface area contributed by atoms with E-state index < -0.39 is 11.6 Å². The maximum atomic E-state index is 13.5. The van der Waals surface area contributed by atoms with Crippen molar-refractivity contribution in [2.24, 2.45) is 0 Å². The van der Waals surface area contributed by atoms with Gasteiger partial charge in [-0.15, -0.1) is 0 Å². The van der Waals surface area contributed by atoms with E-state index in [9.17, 15) is 8.78 Å². The van der Waals surface area contributed by atoms with Gasteiger partial charge in [0.05, 0.1) is 0 Å². The molecule has 0 atom stereocenters. The predicted octanol–water partition coefficient (Wildman–Crippen LogP) is 2.48. The summed E-state index contributed by atoms with van der Waals surface area (Å²) >= 11 is 0. The van der Waals surface area contributed by atoms with Gasteiger partial charge in [-0.25, -0.2) is 8.78 Å². The van der Waals surface area contributed by atoms with Gasteiger partial charge in [-0.3, -0.25) is 0 Å². The largest absolute Gasteiger partial charge is 0.339 e. The second-order valence-electron chi connectivity index (χ2n) is 4.88. The smallest absolute Gasteiger partial charge is 0.227 e. The van der Waals surface area contributed by atoms with E-state index in [-0.39, 0.29) is 6.42 Å². The van der Waals surface area contributed by atoms with Gasteiger partial charge in [0.25, 0.3) is 0 Å². The first-order chi connectivity index (χ1) is 9.54. The minimum absolute atomic E-state index is 0.188. The Morgan fingerprint density at radius 1 is 1.30 bits per heavy atom. The first-order valence-corrected chi connectivity index (χ1v) is 6.53. The Kier molecular flexibility index (Phi) is 4.79. The molecule has 0 unspecified atom stereocenters. The molecule has 1 aromatic carbocycles. The van der Waals surface area contributed by atoms with E-state index in [2.05, 4.69) is 29.3 Å². The summed E-state index contributed by atoms with van der Waals surface area (Å²) in [5.74, 6) is -0.289. The second-order valence-corrected chi connectivity index (χ2v) is 4.88. The number of rotatable bonds is 6. The summed E-state index contributed by atoms with van der Waals surface area (Å²) in [4.78, 5) is 4.19. The first kappa shape index (κ1) is 14.6. The van der Waals surface area contributed by atoms with Crippen molar-refractivity contribution in [3.05, 3.63) is 47.1 Å². The van der Waals surface area contributed by atoms with Gasteiger partial charge in [0, 0.05) is 31.5 Å². The summed E-state index contributed by atoms with van der Waals surface area (Å²) in [5.41, 5.74) is 0.346. The van der Waals surface area contributed by atoms with E-state index >= 15 is 0 Å². The molecular formula is C14H17F2N3O. The number of nitrogens with zero attached hydrogens (tertiary/aromatic N) is 2. The van der Waals surface area contributed by atoms with Crippen molar-refractivity contribution in [2.45, 2.75) is 32.7 Å². The van der Waals surface area contributed by atoms with Crippen LogP contribution in [-0.4, -0.2) is 22.7 Å². The number of nitrogens with one attached hydrogen (secondary N) is 1. The highest BCUT2D eigenvalue weighted by atomic mass is 19.1. The summed E-state index contributed by atoms with van der Waals surface area (Å²) in [6, 6.07) is 3.85. The number of benzene rings is 1. The average molecular weight is 281 g/mol. The van der Waals surface area contributed by atoms with Crippen molar-refractivity contribution in [2.75, 3.05) is 6.54 Å². The molecule has 20 heavy (non-hydrogen) atoms. The third kappa shape index (κ3) is 4.09. The number of hydrogen-bond acceptors (Lipinski definition) is 4. The van der Waals surface area contributed by atoms with Gasteiger partial charge < -0.3 is 9.84 Å². The topological polar surface area (TPSA) is 51.0 Å². The standard InChI is InChI=1S/C14H17F2N3O/c1-9(2)17-6-5-14-18-13(19-20-14)7-10-3-4-11(15)8-12(10)16/h3-4,8-9,17H,5-7H2,1-2H3. The highest BCUT2D eigenvalue weighted by Gasteiger charge is 2.10. The van der Waals surface area contributed by atoms with E-state index in [1.807, 2.05) is 0 Å². The predicted molar refractivity (Wildman–Crippen MR) is 70.3 cm³/mol. The molecule has 1 heterocycles. The Hall–Kier alpha value is -1.82. The molecule has 2 rings (SSSR count). The lowest BCUT2D eigenvalue weighted by atomic mass is 10.1. The summed E-state index contributed by atoms with van der Waals surface area (Å²) in [7, 11) is 0.